The van der Waals surface area contributed by atoms with Crippen molar-refractivity contribution in [2.75, 3.05) is 0 Å². The first-order valence-electron chi connectivity index (χ1n) is 5.99. The van der Waals surface area contributed by atoms with E-state index < -0.39 is 36.2 Å². The largest absolute Gasteiger partial charge is 0.403 e. The standard InChI is InChI=1S/C13H12F6O/c14-12(15,16)11(13(17,18)19)10(20)9-6-8(9)7-4-2-1-3-5-7/h1-5,8-11,20H,6H2. The highest BCUT2D eigenvalue weighted by molar-refractivity contribution is 5.26. The van der Waals surface area contributed by atoms with Gasteiger partial charge in [0, 0.05) is 0 Å². The molecule has 2 rings (SSSR count). The molecule has 0 aromatic heterocycles. The van der Waals surface area contributed by atoms with E-state index >= 15 is 0 Å². The van der Waals surface area contributed by atoms with Crippen LogP contribution in [0.3, 0.4) is 0 Å². The van der Waals surface area contributed by atoms with Gasteiger partial charge in [-0.05, 0) is 23.8 Å². The lowest BCUT2D eigenvalue weighted by molar-refractivity contribution is -0.308. The molecule has 3 atom stereocenters. The molecule has 7 heteroatoms. The second-order valence-corrected chi connectivity index (χ2v) is 4.97. The maximum absolute atomic E-state index is 12.5. The van der Waals surface area contributed by atoms with Crippen LogP contribution in [0.25, 0.3) is 0 Å². The summed E-state index contributed by atoms with van der Waals surface area (Å²) in [4.78, 5) is 0. The highest BCUT2D eigenvalue weighted by atomic mass is 19.4. The van der Waals surface area contributed by atoms with Gasteiger partial charge in [-0.2, -0.15) is 26.3 Å². The lowest BCUT2D eigenvalue weighted by Gasteiger charge is -2.27. The molecule has 0 bridgehead atoms. The SMILES string of the molecule is OC(C1CC1c1ccccc1)C(C(F)(F)F)C(F)(F)F. The lowest BCUT2D eigenvalue weighted by Crippen LogP contribution is -2.45. The number of hydrogen-bond donors (Lipinski definition) is 1. The molecular formula is C13H12F6O. The molecule has 1 aromatic carbocycles. The minimum absolute atomic E-state index is 0.133. The highest BCUT2D eigenvalue weighted by Gasteiger charge is 2.64. The third kappa shape index (κ3) is 3.08. The fourth-order valence-corrected chi connectivity index (χ4v) is 2.50. The number of alkyl halides is 6. The Morgan fingerprint density at radius 2 is 1.45 bits per heavy atom. The first kappa shape index (κ1) is 15.2. The van der Waals surface area contributed by atoms with E-state index in [1.165, 1.54) is 0 Å². The average Bonchev–Trinajstić information content (AvgIpc) is 3.05. The average molecular weight is 298 g/mol. The van der Waals surface area contributed by atoms with Crippen LogP contribution >= 0.6 is 0 Å². The number of aliphatic hydroxyl groups excluding tert-OH is 1. The molecule has 1 nitrogen and oxygen atoms in total. The zero-order valence-electron chi connectivity index (χ0n) is 10.1. The number of aliphatic hydroxyl groups is 1. The third-order valence-corrected chi connectivity index (χ3v) is 3.55. The van der Waals surface area contributed by atoms with Crippen LogP contribution in [-0.2, 0) is 0 Å². The van der Waals surface area contributed by atoms with Gasteiger partial charge in [0.05, 0.1) is 6.10 Å². The Hall–Kier alpha value is -1.24. The van der Waals surface area contributed by atoms with Crippen LogP contribution < -0.4 is 0 Å². The van der Waals surface area contributed by atoms with E-state index in [0.717, 1.165) is 0 Å². The van der Waals surface area contributed by atoms with E-state index in [9.17, 15) is 31.4 Å². The number of hydrogen-bond acceptors (Lipinski definition) is 1. The fourth-order valence-electron chi connectivity index (χ4n) is 2.50. The Labute approximate surface area is 111 Å². The van der Waals surface area contributed by atoms with E-state index in [4.69, 9.17) is 0 Å². The van der Waals surface area contributed by atoms with Gasteiger partial charge < -0.3 is 5.11 Å². The Morgan fingerprint density at radius 3 is 1.90 bits per heavy atom. The molecular weight excluding hydrogens is 286 g/mol. The summed E-state index contributed by atoms with van der Waals surface area (Å²) in [5.74, 6) is -5.14. The Kier molecular flexibility index (Phi) is 3.75. The van der Waals surface area contributed by atoms with E-state index in [-0.39, 0.29) is 6.42 Å². The molecule has 1 aliphatic carbocycles. The fraction of sp³-hybridized carbons (Fsp3) is 0.538. The zero-order chi connectivity index (χ0) is 15.1. The Bertz CT molecular complexity index is 438. The summed E-state index contributed by atoms with van der Waals surface area (Å²) in [6.45, 7) is 0. The van der Waals surface area contributed by atoms with Crippen LogP contribution in [0.1, 0.15) is 17.9 Å². The normalized spacial score (nSPS) is 24.8. The summed E-state index contributed by atoms with van der Waals surface area (Å²) < 4.78 is 75.0. The molecule has 1 aromatic rings. The maximum atomic E-state index is 12.5. The predicted molar refractivity (Wildman–Crippen MR) is 58.9 cm³/mol. The van der Waals surface area contributed by atoms with Crippen molar-refractivity contribution in [3.63, 3.8) is 0 Å². The molecule has 112 valence electrons. The van der Waals surface area contributed by atoms with Gasteiger partial charge in [0.15, 0.2) is 5.92 Å². The van der Waals surface area contributed by atoms with Gasteiger partial charge in [-0.15, -0.1) is 0 Å². The molecule has 20 heavy (non-hydrogen) atoms. The van der Waals surface area contributed by atoms with Crippen molar-refractivity contribution in [1.29, 1.82) is 0 Å². The summed E-state index contributed by atoms with van der Waals surface area (Å²) >= 11 is 0. The molecule has 0 radical (unpaired) electrons. The minimum atomic E-state index is -5.50. The van der Waals surface area contributed by atoms with Crippen molar-refractivity contribution in [1.82, 2.24) is 0 Å². The van der Waals surface area contributed by atoms with E-state index in [1.807, 2.05) is 0 Å². The molecule has 1 aliphatic rings. The summed E-state index contributed by atoms with van der Waals surface area (Å²) in [7, 11) is 0. The summed E-state index contributed by atoms with van der Waals surface area (Å²) in [5, 5.41) is 9.51. The second-order valence-electron chi connectivity index (χ2n) is 4.97. The zero-order valence-corrected chi connectivity index (χ0v) is 10.1. The molecule has 1 saturated carbocycles. The molecule has 0 saturated heterocycles. The molecule has 1 fully saturated rings. The monoisotopic (exact) mass is 298 g/mol. The van der Waals surface area contributed by atoms with E-state index in [0.29, 0.717) is 5.56 Å². The molecule has 0 aliphatic heterocycles. The second kappa shape index (κ2) is 4.95. The van der Waals surface area contributed by atoms with Gasteiger partial charge in [0.2, 0.25) is 0 Å². The van der Waals surface area contributed by atoms with Crippen molar-refractivity contribution in [2.24, 2.45) is 11.8 Å². The van der Waals surface area contributed by atoms with Crippen LogP contribution in [0.4, 0.5) is 26.3 Å². The predicted octanol–water partition coefficient (Wildman–Crippen LogP) is 3.89. The van der Waals surface area contributed by atoms with E-state index in [1.54, 1.807) is 30.3 Å². The maximum Gasteiger partial charge on any atom is 0.403 e. The molecule has 1 N–H and O–H groups in total. The van der Waals surface area contributed by atoms with Crippen LogP contribution in [-0.4, -0.2) is 23.6 Å². The van der Waals surface area contributed by atoms with Crippen molar-refractivity contribution in [3.05, 3.63) is 35.9 Å². The highest BCUT2D eigenvalue weighted by Crippen LogP contribution is 2.55. The topological polar surface area (TPSA) is 20.2 Å². The molecule has 3 unspecified atom stereocenters. The lowest BCUT2D eigenvalue weighted by atomic mass is 9.95. The Morgan fingerprint density at radius 1 is 0.950 bits per heavy atom. The number of benzene rings is 1. The smallest absolute Gasteiger partial charge is 0.392 e. The molecule has 0 heterocycles. The summed E-state index contributed by atoms with van der Waals surface area (Å²) in [6.07, 6.45) is -13.3. The van der Waals surface area contributed by atoms with Gasteiger partial charge in [-0.3, -0.25) is 0 Å². The van der Waals surface area contributed by atoms with Gasteiger partial charge >= 0.3 is 12.4 Å². The van der Waals surface area contributed by atoms with Crippen molar-refractivity contribution >= 4 is 0 Å². The van der Waals surface area contributed by atoms with Gasteiger partial charge in [0.25, 0.3) is 0 Å². The van der Waals surface area contributed by atoms with Crippen LogP contribution in [0, 0.1) is 11.8 Å². The van der Waals surface area contributed by atoms with Crippen molar-refractivity contribution < 1.29 is 31.4 Å². The van der Waals surface area contributed by atoms with Gasteiger partial charge in [0.1, 0.15) is 0 Å². The van der Waals surface area contributed by atoms with Gasteiger partial charge in [-0.25, -0.2) is 0 Å². The van der Waals surface area contributed by atoms with Crippen molar-refractivity contribution in [2.45, 2.75) is 30.8 Å². The summed E-state index contributed by atoms with van der Waals surface area (Å²) in [6, 6.07) is 8.27. The first-order chi connectivity index (χ1) is 9.12. The molecule has 0 spiro atoms. The van der Waals surface area contributed by atoms with Crippen LogP contribution in [0.15, 0.2) is 30.3 Å². The Balaban J connectivity index is 2.14. The van der Waals surface area contributed by atoms with Crippen LogP contribution in [0.5, 0.6) is 0 Å². The van der Waals surface area contributed by atoms with Crippen molar-refractivity contribution in [3.8, 4) is 0 Å². The van der Waals surface area contributed by atoms with E-state index in [2.05, 4.69) is 0 Å². The third-order valence-electron chi connectivity index (χ3n) is 3.55. The first-order valence-corrected chi connectivity index (χ1v) is 5.99. The molecule has 0 amide bonds. The quantitative estimate of drug-likeness (QED) is 0.839. The van der Waals surface area contributed by atoms with Crippen LogP contribution in [0.2, 0.25) is 0 Å². The minimum Gasteiger partial charge on any atom is -0.392 e. The number of rotatable bonds is 3. The van der Waals surface area contributed by atoms with Gasteiger partial charge in [-0.1, -0.05) is 30.3 Å². The summed E-state index contributed by atoms with van der Waals surface area (Å²) in [5.41, 5.74) is 0.652. The number of halogens is 6.